The summed E-state index contributed by atoms with van der Waals surface area (Å²) in [6, 6.07) is 18.6. The lowest BCUT2D eigenvalue weighted by Gasteiger charge is -2.42. The van der Waals surface area contributed by atoms with E-state index in [1.165, 1.54) is 16.7 Å². The molecule has 2 aromatic carbocycles. The minimum atomic E-state index is -0.407. The minimum absolute atomic E-state index is 0.111. The molecular formula is C22H29NO2. The molecule has 2 atom stereocenters. The van der Waals surface area contributed by atoms with E-state index in [9.17, 15) is 10.2 Å². The molecule has 3 heteroatoms. The molecule has 0 spiro atoms. The van der Waals surface area contributed by atoms with E-state index in [2.05, 4.69) is 43.0 Å². The molecular weight excluding hydrogens is 310 g/mol. The number of rotatable bonds is 5. The van der Waals surface area contributed by atoms with E-state index in [1.54, 1.807) is 0 Å². The van der Waals surface area contributed by atoms with Crippen molar-refractivity contribution in [3.8, 4) is 11.1 Å². The summed E-state index contributed by atoms with van der Waals surface area (Å²) in [5.74, 6) is 0. The third kappa shape index (κ3) is 4.49. The van der Waals surface area contributed by atoms with Gasteiger partial charge in [0.15, 0.2) is 0 Å². The van der Waals surface area contributed by atoms with Gasteiger partial charge < -0.3 is 15.1 Å². The summed E-state index contributed by atoms with van der Waals surface area (Å²) >= 11 is 0. The molecule has 25 heavy (non-hydrogen) atoms. The zero-order chi connectivity index (χ0) is 17.9. The van der Waals surface area contributed by atoms with Crippen LogP contribution in [0.15, 0.2) is 54.6 Å². The molecule has 0 aromatic heterocycles. The van der Waals surface area contributed by atoms with E-state index in [-0.39, 0.29) is 11.5 Å². The first kappa shape index (κ1) is 18.1. The molecule has 0 aliphatic carbocycles. The number of β-amino-alcohol motifs (C(OH)–C–C–N with tert-alkyl or cyclic N) is 1. The fraction of sp³-hybridized carbons (Fsp3) is 0.455. The maximum Gasteiger partial charge on any atom is 0.0707 e. The number of likely N-dealkylation sites (tertiary alicyclic amines) is 1. The van der Waals surface area contributed by atoms with Crippen molar-refractivity contribution in [1.82, 2.24) is 4.90 Å². The molecule has 1 aliphatic rings. The average molecular weight is 339 g/mol. The van der Waals surface area contributed by atoms with Gasteiger partial charge in [-0.05, 0) is 23.1 Å². The van der Waals surface area contributed by atoms with E-state index >= 15 is 0 Å². The highest BCUT2D eigenvalue weighted by molar-refractivity contribution is 5.67. The highest BCUT2D eigenvalue weighted by Gasteiger charge is 2.34. The Morgan fingerprint density at radius 1 is 1.08 bits per heavy atom. The van der Waals surface area contributed by atoms with Gasteiger partial charge in [-0.1, -0.05) is 68.4 Å². The van der Waals surface area contributed by atoms with Crippen LogP contribution < -0.4 is 0 Å². The summed E-state index contributed by atoms with van der Waals surface area (Å²) in [4.78, 5) is 2.28. The van der Waals surface area contributed by atoms with Crippen molar-refractivity contribution in [1.29, 1.82) is 0 Å². The second-order valence-electron chi connectivity index (χ2n) is 7.91. The molecule has 3 rings (SSSR count). The van der Waals surface area contributed by atoms with Crippen LogP contribution in [0.25, 0.3) is 11.1 Å². The number of piperidine rings is 1. The van der Waals surface area contributed by atoms with Crippen LogP contribution >= 0.6 is 0 Å². The Kier molecular flexibility index (Phi) is 5.57. The zero-order valence-electron chi connectivity index (χ0n) is 15.2. The summed E-state index contributed by atoms with van der Waals surface area (Å²) in [7, 11) is 0. The Hall–Kier alpha value is -1.68. The topological polar surface area (TPSA) is 43.7 Å². The van der Waals surface area contributed by atoms with E-state index in [1.807, 2.05) is 30.3 Å². The van der Waals surface area contributed by atoms with Gasteiger partial charge in [-0.25, -0.2) is 0 Å². The molecule has 1 saturated heterocycles. The van der Waals surface area contributed by atoms with Crippen LogP contribution in [0.1, 0.15) is 25.8 Å². The van der Waals surface area contributed by atoms with E-state index in [0.717, 1.165) is 19.5 Å². The molecule has 0 amide bonds. The summed E-state index contributed by atoms with van der Waals surface area (Å²) in [6.07, 6.45) is 0.765. The summed E-state index contributed by atoms with van der Waals surface area (Å²) in [5, 5.41) is 20.8. The molecule has 0 saturated carbocycles. The fourth-order valence-electron chi connectivity index (χ4n) is 3.83. The molecule has 0 radical (unpaired) electrons. The van der Waals surface area contributed by atoms with Crippen LogP contribution in [0.5, 0.6) is 0 Å². The van der Waals surface area contributed by atoms with Crippen LogP contribution in [0.4, 0.5) is 0 Å². The number of aliphatic hydroxyl groups is 2. The number of hydrogen-bond acceptors (Lipinski definition) is 3. The van der Waals surface area contributed by atoms with E-state index in [0.29, 0.717) is 13.0 Å². The maximum absolute atomic E-state index is 10.7. The van der Waals surface area contributed by atoms with Crippen LogP contribution in [-0.4, -0.2) is 47.0 Å². The van der Waals surface area contributed by atoms with Gasteiger partial charge in [-0.15, -0.1) is 0 Å². The molecule has 2 unspecified atom stereocenters. The molecule has 2 aromatic rings. The van der Waals surface area contributed by atoms with Gasteiger partial charge in [-0.2, -0.15) is 0 Å². The number of aliphatic hydroxyl groups excluding tert-OH is 2. The van der Waals surface area contributed by atoms with Crippen molar-refractivity contribution < 1.29 is 10.2 Å². The van der Waals surface area contributed by atoms with Crippen molar-refractivity contribution in [3.05, 3.63) is 60.2 Å². The smallest absolute Gasteiger partial charge is 0.0707 e. The second-order valence-corrected chi connectivity index (χ2v) is 7.91. The Labute approximate surface area is 150 Å². The first-order chi connectivity index (χ1) is 12.0. The minimum Gasteiger partial charge on any atom is -0.392 e. The number of benzene rings is 2. The predicted octanol–water partition coefficient (Wildman–Crippen LogP) is 3.35. The van der Waals surface area contributed by atoms with Gasteiger partial charge in [0.25, 0.3) is 0 Å². The summed E-state index contributed by atoms with van der Waals surface area (Å²) < 4.78 is 0. The maximum atomic E-state index is 10.7. The highest BCUT2D eigenvalue weighted by atomic mass is 16.3. The number of nitrogens with zero attached hydrogens (tertiary/aromatic N) is 1. The van der Waals surface area contributed by atoms with Gasteiger partial charge >= 0.3 is 0 Å². The normalized spacial score (nSPS) is 21.8. The summed E-state index contributed by atoms with van der Waals surface area (Å²) in [6.45, 7) is 6.52. The Balaban J connectivity index is 1.67. The molecule has 0 bridgehead atoms. The third-order valence-corrected chi connectivity index (χ3v) is 5.28. The van der Waals surface area contributed by atoms with Crippen LogP contribution in [0.3, 0.4) is 0 Å². The summed E-state index contributed by atoms with van der Waals surface area (Å²) in [5.41, 5.74) is 3.45. The standard InChI is InChI=1S/C22H29NO2/c1-22(2)16-23(13-12-21(22)25)15-19(24)14-18-10-6-7-11-20(18)17-8-4-3-5-9-17/h3-11,19,21,24-25H,12-16H2,1-2H3. The van der Waals surface area contributed by atoms with Gasteiger partial charge in [0, 0.05) is 31.5 Å². The number of hydrogen-bond donors (Lipinski definition) is 2. The van der Waals surface area contributed by atoms with Crippen LogP contribution in [0.2, 0.25) is 0 Å². The van der Waals surface area contributed by atoms with Crippen molar-refractivity contribution in [2.45, 2.75) is 38.9 Å². The lowest BCUT2D eigenvalue weighted by Crippen LogP contribution is -2.50. The monoisotopic (exact) mass is 339 g/mol. The van der Waals surface area contributed by atoms with E-state index < -0.39 is 6.10 Å². The third-order valence-electron chi connectivity index (χ3n) is 5.28. The SMILES string of the molecule is CC1(C)CN(CC(O)Cc2ccccc2-c2ccccc2)CCC1O. The Morgan fingerprint density at radius 3 is 2.48 bits per heavy atom. The van der Waals surface area contributed by atoms with Crippen molar-refractivity contribution >= 4 is 0 Å². The molecule has 1 fully saturated rings. The fourth-order valence-corrected chi connectivity index (χ4v) is 3.83. The lowest BCUT2D eigenvalue weighted by atomic mass is 9.81. The highest BCUT2D eigenvalue weighted by Crippen LogP contribution is 2.29. The van der Waals surface area contributed by atoms with Crippen molar-refractivity contribution in [2.24, 2.45) is 5.41 Å². The van der Waals surface area contributed by atoms with Gasteiger partial charge in [0.05, 0.1) is 12.2 Å². The van der Waals surface area contributed by atoms with Crippen molar-refractivity contribution in [3.63, 3.8) is 0 Å². The zero-order valence-corrected chi connectivity index (χ0v) is 15.2. The van der Waals surface area contributed by atoms with Crippen molar-refractivity contribution in [2.75, 3.05) is 19.6 Å². The lowest BCUT2D eigenvalue weighted by molar-refractivity contribution is -0.0357. The average Bonchev–Trinajstić information content (AvgIpc) is 2.59. The molecule has 2 N–H and O–H groups in total. The first-order valence-corrected chi connectivity index (χ1v) is 9.17. The molecule has 1 aliphatic heterocycles. The first-order valence-electron chi connectivity index (χ1n) is 9.17. The second kappa shape index (κ2) is 7.69. The molecule has 134 valence electrons. The van der Waals surface area contributed by atoms with Gasteiger partial charge in [0.2, 0.25) is 0 Å². The van der Waals surface area contributed by atoms with Gasteiger partial charge in [0.1, 0.15) is 0 Å². The predicted molar refractivity (Wildman–Crippen MR) is 102 cm³/mol. The van der Waals surface area contributed by atoms with E-state index in [4.69, 9.17) is 0 Å². The molecule has 3 nitrogen and oxygen atoms in total. The Morgan fingerprint density at radius 2 is 1.76 bits per heavy atom. The quantitative estimate of drug-likeness (QED) is 0.878. The van der Waals surface area contributed by atoms with Crippen LogP contribution in [-0.2, 0) is 6.42 Å². The molecule has 1 heterocycles. The largest absolute Gasteiger partial charge is 0.392 e. The van der Waals surface area contributed by atoms with Crippen LogP contribution in [0, 0.1) is 5.41 Å². The van der Waals surface area contributed by atoms with Gasteiger partial charge in [-0.3, -0.25) is 0 Å². The Bertz CT molecular complexity index is 683.